The molecule has 5 aromatic rings. The Hall–Kier alpha value is -6.00. The highest BCUT2D eigenvalue weighted by Crippen LogP contribution is 2.25. The van der Waals surface area contributed by atoms with E-state index in [2.05, 4.69) is 27.2 Å². The van der Waals surface area contributed by atoms with Crippen molar-refractivity contribution in [3.05, 3.63) is 100 Å². The molecular weight excluding hydrogens is 602 g/mol. The fourth-order valence-corrected chi connectivity index (χ4v) is 5.41. The number of ether oxygens (including phenoxy) is 2. The number of benzene rings is 2. The SMILES string of the molecule is Cn1c(=O)n(C2CCC(=O)NC2=O)c2cccc(C#CCOCCn3cc(-c4cnc(N)c(C(=O)OCc5ccccc5)c4)cn3)c21. The van der Waals surface area contributed by atoms with Crippen LogP contribution in [0.2, 0.25) is 0 Å². The molecule has 1 unspecified atom stereocenters. The van der Waals surface area contributed by atoms with E-state index in [0.717, 1.165) is 11.1 Å². The third kappa shape index (κ3) is 6.68. The van der Waals surface area contributed by atoms with Crippen LogP contribution in [0.25, 0.3) is 22.2 Å². The first kappa shape index (κ1) is 31.0. The summed E-state index contributed by atoms with van der Waals surface area (Å²) in [6.07, 6.45) is 5.48. The lowest BCUT2D eigenvalue weighted by atomic mass is 10.1. The number of aromatic nitrogens is 5. The fraction of sp³-hybridized carbons (Fsp3) is 0.235. The molecule has 13 heteroatoms. The maximum absolute atomic E-state index is 13.1. The highest BCUT2D eigenvalue weighted by molar-refractivity contribution is 6.00. The molecule has 3 aromatic heterocycles. The van der Waals surface area contributed by atoms with Crippen LogP contribution >= 0.6 is 0 Å². The van der Waals surface area contributed by atoms with Crippen LogP contribution in [0.1, 0.15) is 40.4 Å². The molecule has 0 saturated carbocycles. The molecule has 13 nitrogen and oxygen atoms in total. The molecule has 238 valence electrons. The number of nitrogens with zero attached hydrogens (tertiary/aromatic N) is 5. The number of carbonyl (C=O) groups excluding carboxylic acids is 3. The van der Waals surface area contributed by atoms with Crippen LogP contribution in [0.5, 0.6) is 0 Å². The van der Waals surface area contributed by atoms with Crippen LogP contribution in [0.4, 0.5) is 5.82 Å². The summed E-state index contributed by atoms with van der Waals surface area (Å²) < 4.78 is 15.7. The number of amides is 2. The smallest absolute Gasteiger partial charge is 0.342 e. The summed E-state index contributed by atoms with van der Waals surface area (Å²) >= 11 is 0. The number of esters is 1. The minimum atomic E-state index is -0.766. The minimum absolute atomic E-state index is 0.0825. The molecule has 1 saturated heterocycles. The van der Waals surface area contributed by atoms with E-state index in [1.165, 1.54) is 9.13 Å². The second-order valence-electron chi connectivity index (χ2n) is 10.9. The number of fused-ring (bicyclic) bond motifs is 1. The van der Waals surface area contributed by atoms with Crippen LogP contribution in [-0.4, -0.2) is 54.9 Å². The summed E-state index contributed by atoms with van der Waals surface area (Å²) in [6, 6.07) is 15.6. The Labute approximate surface area is 268 Å². The van der Waals surface area contributed by atoms with Gasteiger partial charge in [-0.05, 0) is 30.2 Å². The van der Waals surface area contributed by atoms with Gasteiger partial charge in [-0.1, -0.05) is 48.2 Å². The van der Waals surface area contributed by atoms with E-state index in [4.69, 9.17) is 15.2 Å². The van der Waals surface area contributed by atoms with E-state index in [1.807, 2.05) is 36.5 Å². The van der Waals surface area contributed by atoms with Gasteiger partial charge in [0.1, 0.15) is 30.6 Å². The summed E-state index contributed by atoms with van der Waals surface area (Å²) in [5, 5.41) is 6.69. The summed E-state index contributed by atoms with van der Waals surface area (Å²) in [4.78, 5) is 54.1. The molecule has 2 amide bonds. The number of nitrogens with one attached hydrogen (secondary N) is 1. The molecule has 3 N–H and O–H groups in total. The zero-order valence-corrected chi connectivity index (χ0v) is 25.5. The van der Waals surface area contributed by atoms with Gasteiger partial charge in [0.25, 0.3) is 0 Å². The van der Waals surface area contributed by atoms with Crippen LogP contribution in [0.15, 0.2) is 78.0 Å². The Kier molecular flexibility index (Phi) is 8.94. The predicted octanol–water partition coefficient (Wildman–Crippen LogP) is 2.58. The van der Waals surface area contributed by atoms with Crippen LogP contribution < -0.4 is 16.7 Å². The number of hydrogen-bond donors (Lipinski definition) is 2. The first-order valence-electron chi connectivity index (χ1n) is 14.9. The van der Waals surface area contributed by atoms with Gasteiger partial charge in [0, 0.05) is 37.0 Å². The Morgan fingerprint density at radius 1 is 1.09 bits per heavy atom. The van der Waals surface area contributed by atoms with Gasteiger partial charge < -0.3 is 15.2 Å². The number of hydrogen-bond acceptors (Lipinski definition) is 9. The largest absolute Gasteiger partial charge is 0.457 e. The monoisotopic (exact) mass is 633 g/mol. The second kappa shape index (κ2) is 13.6. The van der Waals surface area contributed by atoms with Crippen molar-refractivity contribution in [2.24, 2.45) is 7.05 Å². The van der Waals surface area contributed by atoms with Gasteiger partial charge in [-0.3, -0.25) is 28.7 Å². The average Bonchev–Trinajstić information content (AvgIpc) is 3.65. The average molecular weight is 634 g/mol. The van der Waals surface area contributed by atoms with E-state index in [9.17, 15) is 19.2 Å². The van der Waals surface area contributed by atoms with Crippen LogP contribution in [-0.2, 0) is 39.3 Å². The molecule has 0 radical (unpaired) electrons. The van der Waals surface area contributed by atoms with E-state index in [0.29, 0.717) is 35.3 Å². The molecule has 1 fully saturated rings. The summed E-state index contributed by atoms with van der Waals surface area (Å²) in [7, 11) is 1.63. The normalized spacial score (nSPS) is 14.4. The van der Waals surface area contributed by atoms with Gasteiger partial charge in [-0.2, -0.15) is 5.10 Å². The standard InChI is InChI=1S/C34H31N7O6/c1-39-30-23(9-5-11-27(30)41(34(39)45)28-12-13-29(42)38-32(28)43)10-6-15-46-16-14-40-20-25(19-37-40)24-17-26(31(35)36-18-24)33(44)47-21-22-7-3-2-4-8-22/h2-5,7-9,11,17-20,28H,12-16,21H2,1H3,(H2,35,36)(H,38,42,43). The third-order valence-electron chi connectivity index (χ3n) is 7.80. The lowest BCUT2D eigenvalue weighted by Gasteiger charge is -2.21. The van der Waals surface area contributed by atoms with Gasteiger partial charge in [0.15, 0.2) is 0 Å². The number of imide groups is 1. The van der Waals surface area contributed by atoms with Gasteiger partial charge >= 0.3 is 11.7 Å². The second-order valence-corrected chi connectivity index (χ2v) is 10.9. The van der Waals surface area contributed by atoms with Crippen LogP contribution in [0, 0.1) is 11.8 Å². The Bertz CT molecular complexity index is 2100. The summed E-state index contributed by atoms with van der Waals surface area (Å²) in [5.41, 5.74) is 9.86. The fourth-order valence-electron chi connectivity index (χ4n) is 5.41. The summed E-state index contributed by atoms with van der Waals surface area (Å²) in [5.74, 6) is 4.75. The number of rotatable bonds is 9. The highest BCUT2D eigenvalue weighted by atomic mass is 16.5. The van der Waals surface area contributed by atoms with E-state index >= 15 is 0 Å². The number of nitrogen functional groups attached to an aromatic ring is 1. The molecule has 1 atom stereocenters. The molecule has 0 aliphatic carbocycles. The van der Waals surface area contributed by atoms with Gasteiger partial charge in [-0.15, -0.1) is 0 Å². The van der Waals surface area contributed by atoms with Gasteiger partial charge in [0.05, 0.1) is 35.9 Å². The number of piperidine rings is 1. The lowest BCUT2D eigenvalue weighted by Crippen LogP contribution is -2.44. The van der Waals surface area contributed by atoms with Crippen molar-refractivity contribution >= 4 is 34.6 Å². The van der Waals surface area contributed by atoms with Crippen molar-refractivity contribution in [2.75, 3.05) is 18.9 Å². The van der Waals surface area contributed by atoms with Crippen molar-refractivity contribution in [1.82, 2.24) is 29.2 Å². The zero-order valence-electron chi connectivity index (χ0n) is 25.5. The Balaban J connectivity index is 1.05. The van der Waals surface area contributed by atoms with Crippen molar-refractivity contribution in [2.45, 2.75) is 32.0 Å². The molecule has 6 rings (SSSR count). The molecular formula is C34H31N7O6. The molecule has 0 spiro atoms. The highest BCUT2D eigenvalue weighted by Gasteiger charge is 2.31. The number of anilines is 1. The third-order valence-corrected chi connectivity index (χ3v) is 7.80. The predicted molar refractivity (Wildman–Crippen MR) is 172 cm³/mol. The molecule has 2 aromatic carbocycles. The molecule has 4 heterocycles. The zero-order chi connectivity index (χ0) is 32.9. The van der Waals surface area contributed by atoms with Gasteiger partial charge in [0.2, 0.25) is 11.8 Å². The van der Waals surface area contributed by atoms with Crippen molar-refractivity contribution in [1.29, 1.82) is 0 Å². The first-order valence-corrected chi connectivity index (χ1v) is 14.9. The quantitative estimate of drug-likeness (QED) is 0.107. The summed E-state index contributed by atoms with van der Waals surface area (Å²) in [6.45, 7) is 1.05. The maximum Gasteiger partial charge on any atom is 0.342 e. The Morgan fingerprint density at radius 3 is 2.72 bits per heavy atom. The van der Waals surface area contributed by atoms with Crippen molar-refractivity contribution < 1.29 is 23.9 Å². The molecule has 47 heavy (non-hydrogen) atoms. The Morgan fingerprint density at radius 2 is 1.91 bits per heavy atom. The first-order chi connectivity index (χ1) is 22.8. The lowest BCUT2D eigenvalue weighted by molar-refractivity contribution is -0.135. The number of carbonyl (C=O) groups is 3. The minimum Gasteiger partial charge on any atom is -0.457 e. The number of imidazole rings is 1. The topological polar surface area (TPSA) is 165 Å². The van der Waals surface area contributed by atoms with Crippen molar-refractivity contribution in [3.63, 3.8) is 0 Å². The van der Waals surface area contributed by atoms with Crippen LogP contribution in [0.3, 0.4) is 0 Å². The molecule has 1 aliphatic rings. The number of para-hydroxylation sites is 1. The van der Waals surface area contributed by atoms with E-state index in [-0.39, 0.29) is 49.0 Å². The van der Waals surface area contributed by atoms with Crippen molar-refractivity contribution in [3.8, 4) is 23.0 Å². The number of pyridine rings is 1. The number of nitrogens with two attached hydrogens (primary N) is 1. The van der Waals surface area contributed by atoms with E-state index < -0.39 is 17.9 Å². The molecule has 0 bridgehead atoms. The number of aryl methyl sites for hydroxylation is 1. The van der Waals surface area contributed by atoms with Gasteiger partial charge in [-0.25, -0.2) is 14.6 Å². The van der Waals surface area contributed by atoms with E-state index in [1.54, 1.807) is 48.4 Å². The molecule has 1 aliphatic heterocycles. The maximum atomic E-state index is 13.1.